The van der Waals surface area contributed by atoms with Gasteiger partial charge in [-0.15, -0.1) is 11.3 Å². The normalized spacial score (nSPS) is 15.8. The maximum atomic E-state index is 13.5. The van der Waals surface area contributed by atoms with Crippen molar-refractivity contribution in [1.29, 1.82) is 0 Å². The Morgan fingerprint density at radius 1 is 0.975 bits per heavy atom. The molecule has 1 aromatic heterocycles. The van der Waals surface area contributed by atoms with E-state index in [9.17, 15) is 4.79 Å². The van der Waals surface area contributed by atoms with Crippen LogP contribution in [0.15, 0.2) is 59.6 Å². The third-order valence-electron chi connectivity index (χ3n) is 7.92. The van der Waals surface area contributed by atoms with Gasteiger partial charge in [0.05, 0.1) is 12.7 Å². The van der Waals surface area contributed by atoms with Crippen LogP contribution in [0.3, 0.4) is 0 Å². The Bertz CT molecular complexity index is 1540. The van der Waals surface area contributed by atoms with E-state index in [2.05, 4.69) is 105 Å². The lowest BCUT2D eigenvalue weighted by Gasteiger charge is -2.23. The summed E-state index contributed by atoms with van der Waals surface area (Å²) in [4.78, 5) is 19.8. The van der Waals surface area contributed by atoms with Crippen molar-refractivity contribution in [1.82, 2.24) is 5.32 Å². The largest absolute Gasteiger partial charge is 0.487 e. The first kappa shape index (κ1) is 28.2. The van der Waals surface area contributed by atoms with Crippen LogP contribution in [0.5, 0.6) is 5.75 Å². The highest BCUT2D eigenvalue weighted by Crippen LogP contribution is 2.40. The molecule has 0 bridgehead atoms. The Labute approximate surface area is 267 Å². The Morgan fingerprint density at radius 2 is 1.73 bits per heavy atom. The van der Waals surface area contributed by atoms with Crippen LogP contribution in [0.25, 0.3) is 10.8 Å². The monoisotopic (exact) mass is 774 g/mol. The minimum atomic E-state index is 0.0693. The van der Waals surface area contributed by atoms with Gasteiger partial charge in [-0.1, -0.05) is 61.7 Å². The minimum absolute atomic E-state index is 0.0693. The van der Waals surface area contributed by atoms with E-state index in [1.54, 1.807) is 11.3 Å². The SMILES string of the molecule is O=C(NC1CCCCC1)c1c(N=Cc2cc(I)c(OCc3cccc4ccccc34)c(I)c2)sc2c1CCCC2. The number of hydrogen-bond donors (Lipinski definition) is 1. The van der Waals surface area contributed by atoms with Gasteiger partial charge in [0.2, 0.25) is 0 Å². The van der Waals surface area contributed by atoms with Crippen molar-refractivity contribution in [2.45, 2.75) is 70.4 Å². The van der Waals surface area contributed by atoms with Gasteiger partial charge in [-0.2, -0.15) is 0 Å². The molecule has 2 aliphatic carbocycles. The lowest BCUT2D eigenvalue weighted by atomic mass is 9.93. The van der Waals surface area contributed by atoms with Crippen LogP contribution in [0.4, 0.5) is 5.00 Å². The zero-order valence-corrected chi connectivity index (χ0v) is 27.5. The lowest BCUT2D eigenvalue weighted by molar-refractivity contribution is 0.0927. The number of aryl methyl sites for hydroxylation is 1. The average Bonchev–Trinajstić information content (AvgIpc) is 3.35. The number of carbonyl (C=O) groups is 1. The zero-order valence-electron chi connectivity index (χ0n) is 22.3. The quantitative estimate of drug-likeness (QED) is 0.150. The summed E-state index contributed by atoms with van der Waals surface area (Å²) in [6.07, 6.45) is 12.1. The van der Waals surface area contributed by atoms with Gasteiger partial charge >= 0.3 is 0 Å². The van der Waals surface area contributed by atoms with Crippen molar-refractivity contribution < 1.29 is 9.53 Å². The number of carbonyl (C=O) groups excluding carboxylic acids is 1. The Hall–Kier alpha value is -1.98. The fourth-order valence-electron chi connectivity index (χ4n) is 5.87. The first-order valence-electron chi connectivity index (χ1n) is 14.1. The van der Waals surface area contributed by atoms with Crippen LogP contribution < -0.4 is 10.1 Å². The van der Waals surface area contributed by atoms with Gasteiger partial charge in [-0.05, 0) is 123 Å². The van der Waals surface area contributed by atoms with E-state index in [0.29, 0.717) is 12.6 Å². The second-order valence-corrected chi connectivity index (χ2v) is 14.1. The Balaban J connectivity index is 1.22. The van der Waals surface area contributed by atoms with Gasteiger partial charge in [0, 0.05) is 17.1 Å². The number of ether oxygens (including phenoxy) is 1. The van der Waals surface area contributed by atoms with Crippen LogP contribution in [0.1, 0.15) is 76.9 Å². The summed E-state index contributed by atoms with van der Waals surface area (Å²) < 4.78 is 8.44. The van der Waals surface area contributed by atoms with Crippen LogP contribution in [-0.2, 0) is 19.4 Å². The van der Waals surface area contributed by atoms with Crippen molar-refractivity contribution in [3.05, 3.63) is 88.9 Å². The number of hydrogen-bond acceptors (Lipinski definition) is 4. The summed E-state index contributed by atoms with van der Waals surface area (Å²) in [7, 11) is 0. The van der Waals surface area contributed by atoms with Gasteiger partial charge in [0.15, 0.2) is 0 Å². The summed E-state index contributed by atoms with van der Waals surface area (Å²) in [5.41, 5.74) is 4.24. The van der Waals surface area contributed by atoms with Crippen molar-refractivity contribution in [2.75, 3.05) is 0 Å². The molecule has 3 aromatic carbocycles. The smallest absolute Gasteiger partial charge is 0.254 e. The van der Waals surface area contributed by atoms with Crippen LogP contribution in [0, 0.1) is 7.14 Å². The number of nitrogens with zero attached hydrogens (tertiary/aromatic N) is 1. The van der Waals surface area contributed by atoms with Gasteiger partial charge in [0.25, 0.3) is 5.91 Å². The molecule has 206 valence electrons. The molecule has 0 atom stereocenters. The molecule has 40 heavy (non-hydrogen) atoms. The Morgan fingerprint density at radius 3 is 2.55 bits per heavy atom. The number of benzene rings is 3. The molecule has 4 nitrogen and oxygen atoms in total. The fourth-order valence-corrected chi connectivity index (χ4v) is 9.23. The summed E-state index contributed by atoms with van der Waals surface area (Å²) in [6.45, 7) is 0.515. The van der Waals surface area contributed by atoms with E-state index >= 15 is 0 Å². The van der Waals surface area contributed by atoms with Gasteiger partial charge in [-0.3, -0.25) is 4.79 Å². The highest BCUT2D eigenvalue weighted by atomic mass is 127. The number of rotatable bonds is 7. The third-order valence-corrected chi connectivity index (χ3v) is 10.7. The summed E-state index contributed by atoms with van der Waals surface area (Å²) in [5, 5.41) is 6.64. The molecule has 2 aliphatic rings. The van der Waals surface area contributed by atoms with Crippen molar-refractivity contribution >= 4 is 84.4 Å². The number of nitrogens with one attached hydrogen (secondary N) is 1. The molecule has 0 radical (unpaired) electrons. The maximum absolute atomic E-state index is 13.5. The van der Waals surface area contributed by atoms with Crippen LogP contribution >= 0.6 is 56.5 Å². The molecule has 0 spiro atoms. The summed E-state index contributed by atoms with van der Waals surface area (Å²) in [6, 6.07) is 19.3. The number of amides is 1. The van der Waals surface area contributed by atoms with Crippen molar-refractivity contribution in [3.8, 4) is 5.75 Å². The van der Waals surface area contributed by atoms with Crippen molar-refractivity contribution in [2.24, 2.45) is 4.99 Å². The molecular weight excluding hydrogens is 742 g/mol. The number of aliphatic imine (C=N–C) groups is 1. The van der Waals surface area contributed by atoms with Gasteiger partial charge < -0.3 is 10.1 Å². The predicted molar refractivity (Wildman–Crippen MR) is 183 cm³/mol. The number of halogens is 2. The molecule has 0 saturated heterocycles. The first-order valence-corrected chi connectivity index (χ1v) is 17.1. The summed E-state index contributed by atoms with van der Waals surface area (Å²) >= 11 is 6.41. The van der Waals surface area contributed by atoms with E-state index < -0.39 is 0 Å². The highest BCUT2D eigenvalue weighted by Gasteiger charge is 2.27. The molecule has 0 aliphatic heterocycles. The molecule has 1 amide bonds. The molecule has 0 unspecified atom stereocenters. The van der Waals surface area contributed by atoms with E-state index in [-0.39, 0.29) is 5.91 Å². The zero-order chi connectivity index (χ0) is 27.5. The number of fused-ring (bicyclic) bond motifs is 2. The molecule has 7 heteroatoms. The molecular formula is C33H32I2N2O2S. The fraction of sp³-hybridized carbons (Fsp3) is 0.333. The molecule has 1 N–H and O–H groups in total. The highest BCUT2D eigenvalue weighted by molar-refractivity contribution is 14.1. The standard InChI is InChI=1S/C33H32I2N2O2S/c34-27-17-21(18-28(35)31(27)39-20-23-11-8-10-22-9-4-5-14-25(22)23)19-36-33-30(26-15-6-7-16-29(26)40-33)32(38)37-24-12-2-1-3-13-24/h4-5,8-11,14,17-19,24H,1-3,6-7,12-13,15-16,20H2,(H,37,38). The van der Waals surface area contributed by atoms with Crippen LogP contribution in [0.2, 0.25) is 0 Å². The number of thiophene rings is 1. The van der Waals surface area contributed by atoms with Gasteiger partial charge in [0.1, 0.15) is 17.4 Å². The second-order valence-electron chi connectivity index (χ2n) is 10.7. The van der Waals surface area contributed by atoms with Crippen molar-refractivity contribution in [3.63, 3.8) is 0 Å². The summed E-state index contributed by atoms with van der Waals surface area (Å²) in [5.74, 6) is 0.963. The third kappa shape index (κ3) is 6.26. The maximum Gasteiger partial charge on any atom is 0.254 e. The van der Waals surface area contributed by atoms with E-state index in [0.717, 1.165) is 61.1 Å². The van der Waals surface area contributed by atoms with E-state index in [4.69, 9.17) is 9.73 Å². The molecule has 1 fully saturated rings. The van der Waals surface area contributed by atoms with Crippen LogP contribution in [-0.4, -0.2) is 18.2 Å². The molecule has 4 aromatic rings. The topological polar surface area (TPSA) is 50.7 Å². The predicted octanol–water partition coefficient (Wildman–Crippen LogP) is 9.38. The van der Waals surface area contributed by atoms with Gasteiger partial charge in [-0.25, -0.2) is 4.99 Å². The lowest BCUT2D eigenvalue weighted by Crippen LogP contribution is -2.36. The first-order chi connectivity index (χ1) is 19.6. The van der Waals surface area contributed by atoms with E-state index in [1.165, 1.54) is 52.5 Å². The average molecular weight is 775 g/mol. The molecule has 6 rings (SSSR count). The molecule has 1 heterocycles. The Kier molecular flexibility index (Phi) is 9.08. The second kappa shape index (κ2) is 12.9. The molecule has 1 saturated carbocycles. The van der Waals surface area contributed by atoms with E-state index in [1.807, 2.05) is 6.21 Å². The minimum Gasteiger partial charge on any atom is -0.487 e.